The molecular weight excluding hydrogens is 371 g/mol. The minimum absolute atomic E-state index is 0.116. The van der Waals surface area contributed by atoms with E-state index in [1.54, 1.807) is 18.2 Å². The van der Waals surface area contributed by atoms with E-state index in [-0.39, 0.29) is 11.9 Å². The van der Waals surface area contributed by atoms with Gasteiger partial charge in [0.05, 0.1) is 11.6 Å². The summed E-state index contributed by atoms with van der Waals surface area (Å²) in [6.45, 7) is 1.92. The van der Waals surface area contributed by atoms with E-state index in [0.29, 0.717) is 27.2 Å². The summed E-state index contributed by atoms with van der Waals surface area (Å²) in [6.07, 6.45) is 2.93. The maximum Gasteiger partial charge on any atom is 0.254 e. The quantitative estimate of drug-likeness (QED) is 0.645. The SMILES string of the molecule is CC(NC(=O)c1cnc(Nc2cc(Cl)cc(Cl)c2)nc1)c1ccccc1. The van der Waals surface area contributed by atoms with E-state index in [2.05, 4.69) is 20.6 Å². The van der Waals surface area contributed by atoms with E-state index in [1.165, 1.54) is 12.4 Å². The van der Waals surface area contributed by atoms with Crippen LogP contribution in [0.15, 0.2) is 60.9 Å². The van der Waals surface area contributed by atoms with Gasteiger partial charge in [-0.05, 0) is 30.7 Å². The van der Waals surface area contributed by atoms with Crippen molar-refractivity contribution in [3.63, 3.8) is 0 Å². The second-order valence-electron chi connectivity index (χ2n) is 5.68. The molecule has 3 aromatic rings. The van der Waals surface area contributed by atoms with E-state index >= 15 is 0 Å². The van der Waals surface area contributed by atoms with Crippen molar-refractivity contribution in [2.24, 2.45) is 0 Å². The Bertz CT molecular complexity index is 881. The van der Waals surface area contributed by atoms with Gasteiger partial charge < -0.3 is 10.6 Å². The van der Waals surface area contributed by atoms with Gasteiger partial charge in [-0.1, -0.05) is 53.5 Å². The molecule has 1 atom stereocenters. The first-order valence-corrected chi connectivity index (χ1v) is 8.68. The summed E-state index contributed by atoms with van der Waals surface area (Å²) in [6, 6.07) is 14.7. The molecule has 0 spiro atoms. The van der Waals surface area contributed by atoms with Gasteiger partial charge in [0.15, 0.2) is 0 Å². The Kier molecular flexibility index (Phi) is 5.71. The number of carbonyl (C=O) groups is 1. The standard InChI is InChI=1S/C19H16Cl2N4O/c1-12(13-5-3-2-4-6-13)24-18(26)14-10-22-19(23-11-14)25-17-8-15(20)7-16(21)9-17/h2-12H,1H3,(H,24,26)(H,22,23,25). The van der Waals surface area contributed by atoms with Gasteiger partial charge in [0.25, 0.3) is 5.91 Å². The highest BCUT2D eigenvalue weighted by Crippen LogP contribution is 2.24. The van der Waals surface area contributed by atoms with E-state index in [4.69, 9.17) is 23.2 Å². The van der Waals surface area contributed by atoms with Gasteiger partial charge in [-0.3, -0.25) is 4.79 Å². The third-order valence-corrected chi connectivity index (χ3v) is 4.12. The Morgan fingerprint density at radius 2 is 1.62 bits per heavy atom. The lowest BCUT2D eigenvalue weighted by Crippen LogP contribution is -2.26. The Labute approximate surface area is 161 Å². The van der Waals surface area contributed by atoms with Crippen LogP contribution in [0.1, 0.15) is 28.9 Å². The largest absolute Gasteiger partial charge is 0.345 e. The third-order valence-electron chi connectivity index (χ3n) is 3.68. The maximum atomic E-state index is 12.3. The van der Waals surface area contributed by atoms with Crippen LogP contribution in [-0.4, -0.2) is 15.9 Å². The van der Waals surface area contributed by atoms with Gasteiger partial charge in [-0.2, -0.15) is 0 Å². The zero-order valence-corrected chi connectivity index (χ0v) is 15.4. The lowest BCUT2D eigenvalue weighted by atomic mass is 10.1. The summed E-state index contributed by atoms with van der Waals surface area (Å²) >= 11 is 11.9. The molecule has 0 aliphatic rings. The fourth-order valence-electron chi connectivity index (χ4n) is 2.37. The van der Waals surface area contributed by atoms with Gasteiger partial charge in [0.1, 0.15) is 0 Å². The summed E-state index contributed by atoms with van der Waals surface area (Å²) in [5.74, 6) is 0.106. The summed E-state index contributed by atoms with van der Waals surface area (Å²) in [5, 5.41) is 6.93. The van der Waals surface area contributed by atoms with Crippen LogP contribution in [-0.2, 0) is 0 Å². The predicted molar refractivity (Wildman–Crippen MR) is 104 cm³/mol. The number of hydrogen-bond acceptors (Lipinski definition) is 4. The smallest absolute Gasteiger partial charge is 0.254 e. The normalized spacial score (nSPS) is 11.7. The van der Waals surface area contributed by atoms with Crippen molar-refractivity contribution in [1.29, 1.82) is 0 Å². The van der Waals surface area contributed by atoms with Crippen molar-refractivity contribution < 1.29 is 4.79 Å². The highest BCUT2D eigenvalue weighted by Gasteiger charge is 2.12. The molecule has 0 saturated carbocycles. The van der Waals surface area contributed by atoms with Crippen LogP contribution in [0.25, 0.3) is 0 Å². The molecule has 0 bridgehead atoms. The van der Waals surface area contributed by atoms with E-state index < -0.39 is 0 Å². The van der Waals surface area contributed by atoms with Crippen molar-refractivity contribution in [2.75, 3.05) is 5.32 Å². The second-order valence-corrected chi connectivity index (χ2v) is 6.56. The number of benzene rings is 2. The lowest BCUT2D eigenvalue weighted by molar-refractivity contribution is 0.0939. The van der Waals surface area contributed by atoms with Crippen LogP contribution in [0.2, 0.25) is 10.0 Å². The molecule has 26 heavy (non-hydrogen) atoms. The molecule has 2 aromatic carbocycles. The predicted octanol–water partition coefficient (Wildman–Crippen LogP) is 5.02. The molecule has 2 N–H and O–H groups in total. The molecule has 1 unspecified atom stereocenters. The average molecular weight is 387 g/mol. The van der Waals surface area contributed by atoms with Gasteiger partial charge in [0.2, 0.25) is 5.95 Å². The maximum absolute atomic E-state index is 12.3. The average Bonchev–Trinajstić information content (AvgIpc) is 2.62. The zero-order valence-electron chi connectivity index (χ0n) is 13.9. The third kappa shape index (κ3) is 4.71. The molecule has 3 rings (SSSR count). The first-order chi connectivity index (χ1) is 12.5. The van der Waals surface area contributed by atoms with E-state index in [1.807, 2.05) is 37.3 Å². The number of nitrogens with zero attached hydrogens (tertiary/aromatic N) is 2. The van der Waals surface area contributed by atoms with Crippen molar-refractivity contribution in [1.82, 2.24) is 15.3 Å². The van der Waals surface area contributed by atoms with Crippen LogP contribution < -0.4 is 10.6 Å². The molecule has 0 radical (unpaired) electrons. The zero-order chi connectivity index (χ0) is 18.5. The highest BCUT2D eigenvalue weighted by atomic mass is 35.5. The molecule has 7 heteroatoms. The summed E-state index contributed by atoms with van der Waals surface area (Å²) < 4.78 is 0. The molecule has 0 fully saturated rings. The molecule has 0 saturated heterocycles. The number of carbonyl (C=O) groups excluding carboxylic acids is 1. The Hall–Kier alpha value is -2.63. The summed E-state index contributed by atoms with van der Waals surface area (Å²) in [7, 11) is 0. The minimum Gasteiger partial charge on any atom is -0.345 e. The number of halogens is 2. The number of hydrogen-bond donors (Lipinski definition) is 2. The Morgan fingerprint density at radius 1 is 1.00 bits per heavy atom. The fraction of sp³-hybridized carbons (Fsp3) is 0.105. The number of amides is 1. The molecule has 132 valence electrons. The monoisotopic (exact) mass is 386 g/mol. The van der Waals surface area contributed by atoms with Crippen molar-refractivity contribution >= 4 is 40.7 Å². The molecular formula is C19H16Cl2N4O. The van der Waals surface area contributed by atoms with E-state index in [9.17, 15) is 4.79 Å². The summed E-state index contributed by atoms with van der Waals surface area (Å²) in [5.41, 5.74) is 2.07. The molecule has 1 heterocycles. The highest BCUT2D eigenvalue weighted by molar-refractivity contribution is 6.35. The Balaban J connectivity index is 1.66. The van der Waals surface area contributed by atoms with Crippen LogP contribution in [0.3, 0.4) is 0 Å². The van der Waals surface area contributed by atoms with Gasteiger partial charge in [-0.25, -0.2) is 9.97 Å². The first kappa shape index (κ1) is 18.2. The van der Waals surface area contributed by atoms with Crippen LogP contribution in [0.4, 0.5) is 11.6 Å². The minimum atomic E-state index is -0.237. The van der Waals surface area contributed by atoms with Crippen molar-refractivity contribution in [2.45, 2.75) is 13.0 Å². The Morgan fingerprint density at radius 3 is 2.23 bits per heavy atom. The number of nitrogens with one attached hydrogen (secondary N) is 2. The second kappa shape index (κ2) is 8.17. The number of anilines is 2. The van der Waals surface area contributed by atoms with Crippen LogP contribution in [0, 0.1) is 0 Å². The molecule has 0 aliphatic heterocycles. The van der Waals surface area contributed by atoms with Gasteiger partial charge in [-0.15, -0.1) is 0 Å². The number of aromatic nitrogens is 2. The lowest BCUT2D eigenvalue weighted by Gasteiger charge is -2.14. The molecule has 1 aromatic heterocycles. The number of rotatable bonds is 5. The molecule has 5 nitrogen and oxygen atoms in total. The first-order valence-electron chi connectivity index (χ1n) is 7.92. The molecule has 0 aliphatic carbocycles. The van der Waals surface area contributed by atoms with Gasteiger partial charge >= 0.3 is 0 Å². The van der Waals surface area contributed by atoms with E-state index in [0.717, 1.165) is 5.56 Å². The van der Waals surface area contributed by atoms with Crippen molar-refractivity contribution in [3.05, 3.63) is 82.1 Å². The molecule has 1 amide bonds. The fourth-order valence-corrected chi connectivity index (χ4v) is 2.90. The summed E-state index contributed by atoms with van der Waals surface area (Å²) in [4.78, 5) is 20.7. The van der Waals surface area contributed by atoms with Crippen LogP contribution in [0.5, 0.6) is 0 Å². The van der Waals surface area contributed by atoms with Crippen LogP contribution >= 0.6 is 23.2 Å². The topological polar surface area (TPSA) is 66.9 Å². The van der Waals surface area contributed by atoms with Gasteiger partial charge in [0, 0.05) is 28.1 Å². The van der Waals surface area contributed by atoms with Crippen molar-refractivity contribution in [3.8, 4) is 0 Å².